The lowest BCUT2D eigenvalue weighted by Crippen LogP contribution is -2.28. The average molecular weight is 296 g/mol. The molecule has 1 heterocycles. The largest absolute Gasteiger partial charge is 0.352 e. The van der Waals surface area contributed by atoms with E-state index in [0.29, 0.717) is 36.7 Å². The summed E-state index contributed by atoms with van der Waals surface area (Å²) in [6, 6.07) is 6.77. The predicted octanol–water partition coefficient (Wildman–Crippen LogP) is 1.61. The minimum Gasteiger partial charge on any atom is -0.352 e. The van der Waals surface area contributed by atoms with Crippen LogP contribution in [0.5, 0.6) is 0 Å². The molecule has 20 heavy (non-hydrogen) atoms. The van der Waals surface area contributed by atoms with Crippen molar-refractivity contribution >= 4 is 21.6 Å². The minimum atomic E-state index is -3.21. The maximum absolute atomic E-state index is 12.0. The molecule has 1 N–H and O–H groups in total. The van der Waals surface area contributed by atoms with Gasteiger partial charge in [0.1, 0.15) is 0 Å². The molecule has 0 aromatic heterocycles. The Labute approximate surface area is 120 Å². The number of amides is 1. The number of nitrogens with zero attached hydrogens (tertiary/aromatic N) is 1. The van der Waals surface area contributed by atoms with Crippen molar-refractivity contribution in [1.29, 1.82) is 0 Å². The van der Waals surface area contributed by atoms with Crippen LogP contribution < -0.4 is 9.62 Å². The molecule has 1 aliphatic heterocycles. The number of anilines is 1. The fraction of sp³-hybridized carbons (Fsp3) is 0.500. The van der Waals surface area contributed by atoms with E-state index in [2.05, 4.69) is 5.32 Å². The molecule has 1 aromatic rings. The molecule has 0 aliphatic carbocycles. The average Bonchev–Trinajstić information content (AvgIpc) is 2.75. The lowest BCUT2D eigenvalue weighted by atomic mass is 10.1. The van der Waals surface area contributed by atoms with Crippen molar-refractivity contribution in [1.82, 2.24) is 5.32 Å². The Balaban J connectivity index is 2.18. The Morgan fingerprint density at radius 3 is 2.75 bits per heavy atom. The second-order valence-electron chi connectivity index (χ2n) is 5.40. The van der Waals surface area contributed by atoms with Crippen molar-refractivity contribution in [3.8, 4) is 0 Å². The van der Waals surface area contributed by atoms with Crippen LogP contribution in [0.15, 0.2) is 24.3 Å². The maximum Gasteiger partial charge on any atom is 0.251 e. The Morgan fingerprint density at radius 2 is 2.15 bits per heavy atom. The molecule has 0 spiro atoms. The molecule has 0 atom stereocenters. The highest BCUT2D eigenvalue weighted by molar-refractivity contribution is 7.93. The van der Waals surface area contributed by atoms with Gasteiger partial charge in [-0.05, 0) is 30.5 Å². The molecular formula is C14H20N2O3S. The molecule has 0 saturated carbocycles. The van der Waals surface area contributed by atoms with E-state index in [4.69, 9.17) is 0 Å². The Bertz CT molecular complexity index is 596. The molecule has 6 heteroatoms. The lowest BCUT2D eigenvalue weighted by Gasteiger charge is -2.17. The van der Waals surface area contributed by atoms with Crippen LogP contribution in [0.3, 0.4) is 0 Å². The van der Waals surface area contributed by atoms with Gasteiger partial charge in [-0.3, -0.25) is 9.10 Å². The normalized spacial score (nSPS) is 17.4. The quantitative estimate of drug-likeness (QED) is 0.918. The van der Waals surface area contributed by atoms with E-state index >= 15 is 0 Å². The molecule has 2 rings (SSSR count). The molecule has 0 unspecified atom stereocenters. The van der Waals surface area contributed by atoms with Crippen molar-refractivity contribution in [2.45, 2.75) is 20.3 Å². The van der Waals surface area contributed by atoms with Gasteiger partial charge in [-0.15, -0.1) is 0 Å². The lowest BCUT2D eigenvalue weighted by molar-refractivity contribution is 0.0949. The highest BCUT2D eigenvalue weighted by atomic mass is 32.2. The van der Waals surface area contributed by atoms with Gasteiger partial charge in [0, 0.05) is 18.7 Å². The molecule has 0 radical (unpaired) electrons. The summed E-state index contributed by atoms with van der Waals surface area (Å²) in [7, 11) is -3.21. The Kier molecular flexibility index (Phi) is 4.32. The zero-order chi connectivity index (χ0) is 14.8. The van der Waals surface area contributed by atoms with Gasteiger partial charge >= 0.3 is 0 Å². The van der Waals surface area contributed by atoms with Crippen LogP contribution in [-0.4, -0.2) is 33.2 Å². The molecule has 1 amide bonds. The van der Waals surface area contributed by atoms with Crippen molar-refractivity contribution in [3.63, 3.8) is 0 Å². The van der Waals surface area contributed by atoms with Crippen LogP contribution in [0.1, 0.15) is 30.6 Å². The second kappa shape index (κ2) is 5.83. The van der Waals surface area contributed by atoms with Crippen LogP contribution in [0.2, 0.25) is 0 Å². The van der Waals surface area contributed by atoms with Crippen LogP contribution in [0.4, 0.5) is 5.69 Å². The first-order valence-corrected chi connectivity index (χ1v) is 8.40. The molecule has 110 valence electrons. The summed E-state index contributed by atoms with van der Waals surface area (Å²) in [5.41, 5.74) is 1.06. The first-order valence-electron chi connectivity index (χ1n) is 6.79. The number of hydrogen-bond acceptors (Lipinski definition) is 3. The Morgan fingerprint density at radius 1 is 1.40 bits per heavy atom. The number of carbonyl (C=O) groups excluding carboxylic acids is 1. The number of carbonyl (C=O) groups is 1. The highest BCUT2D eigenvalue weighted by Gasteiger charge is 2.28. The van der Waals surface area contributed by atoms with Crippen LogP contribution >= 0.6 is 0 Å². The molecule has 1 fully saturated rings. The van der Waals surface area contributed by atoms with E-state index < -0.39 is 10.0 Å². The Hall–Kier alpha value is -1.56. The fourth-order valence-electron chi connectivity index (χ4n) is 2.13. The molecule has 0 bridgehead atoms. The smallest absolute Gasteiger partial charge is 0.251 e. The molecular weight excluding hydrogens is 276 g/mol. The summed E-state index contributed by atoms with van der Waals surface area (Å²) >= 11 is 0. The molecule has 1 aliphatic rings. The van der Waals surface area contributed by atoms with Crippen LogP contribution in [0.25, 0.3) is 0 Å². The number of benzene rings is 1. The third kappa shape index (κ3) is 3.30. The van der Waals surface area contributed by atoms with Crippen molar-refractivity contribution in [3.05, 3.63) is 29.8 Å². The van der Waals surface area contributed by atoms with E-state index in [1.54, 1.807) is 24.3 Å². The van der Waals surface area contributed by atoms with E-state index in [1.807, 2.05) is 13.8 Å². The standard InChI is InChI=1S/C14H20N2O3S/c1-11(2)10-15-14(17)12-5-3-6-13(9-12)16-7-4-8-20(16,18)19/h3,5-6,9,11H,4,7-8,10H2,1-2H3,(H,15,17). The predicted molar refractivity (Wildman–Crippen MR) is 79.4 cm³/mol. The van der Waals surface area contributed by atoms with Gasteiger partial charge in [-0.1, -0.05) is 19.9 Å². The monoisotopic (exact) mass is 296 g/mol. The van der Waals surface area contributed by atoms with Gasteiger partial charge < -0.3 is 5.32 Å². The first kappa shape index (κ1) is 14.8. The highest BCUT2D eigenvalue weighted by Crippen LogP contribution is 2.24. The van der Waals surface area contributed by atoms with Gasteiger partial charge in [0.05, 0.1) is 11.4 Å². The number of nitrogens with one attached hydrogen (secondary N) is 1. The number of hydrogen-bond donors (Lipinski definition) is 1. The van der Waals surface area contributed by atoms with Gasteiger partial charge in [-0.2, -0.15) is 0 Å². The van der Waals surface area contributed by atoms with Crippen LogP contribution in [-0.2, 0) is 10.0 Å². The SMILES string of the molecule is CC(C)CNC(=O)c1cccc(N2CCCS2(=O)=O)c1. The van der Waals surface area contributed by atoms with Crippen LogP contribution in [0, 0.1) is 5.92 Å². The number of rotatable bonds is 4. The summed E-state index contributed by atoms with van der Waals surface area (Å²) in [5.74, 6) is 0.384. The number of sulfonamides is 1. The summed E-state index contributed by atoms with van der Waals surface area (Å²) < 4.78 is 25.1. The first-order chi connectivity index (χ1) is 9.40. The van der Waals surface area contributed by atoms with E-state index in [9.17, 15) is 13.2 Å². The van der Waals surface area contributed by atoms with E-state index in [1.165, 1.54) is 4.31 Å². The molecule has 1 saturated heterocycles. The van der Waals surface area contributed by atoms with Gasteiger partial charge in [0.15, 0.2) is 0 Å². The third-order valence-electron chi connectivity index (χ3n) is 3.17. The van der Waals surface area contributed by atoms with E-state index in [-0.39, 0.29) is 11.7 Å². The summed E-state index contributed by atoms with van der Waals surface area (Å²) in [6.07, 6.45) is 0.631. The summed E-state index contributed by atoms with van der Waals surface area (Å²) in [4.78, 5) is 12.0. The third-order valence-corrected chi connectivity index (χ3v) is 5.04. The van der Waals surface area contributed by atoms with E-state index in [0.717, 1.165) is 0 Å². The van der Waals surface area contributed by atoms with Gasteiger partial charge in [0.25, 0.3) is 5.91 Å². The van der Waals surface area contributed by atoms with Crippen molar-refractivity contribution < 1.29 is 13.2 Å². The van der Waals surface area contributed by atoms with Gasteiger partial charge in [-0.25, -0.2) is 8.42 Å². The topological polar surface area (TPSA) is 66.5 Å². The molecule has 5 nitrogen and oxygen atoms in total. The zero-order valence-electron chi connectivity index (χ0n) is 11.8. The van der Waals surface area contributed by atoms with Gasteiger partial charge in [0.2, 0.25) is 10.0 Å². The molecule has 1 aromatic carbocycles. The summed E-state index contributed by atoms with van der Waals surface area (Å²) in [5, 5.41) is 2.83. The maximum atomic E-state index is 12.0. The second-order valence-corrected chi connectivity index (χ2v) is 7.41. The zero-order valence-corrected chi connectivity index (χ0v) is 12.6. The minimum absolute atomic E-state index is 0.169. The fourth-order valence-corrected chi connectivity index (χ4v) is 3.69. The van der Waals surface area contributed by atoms with Crippen molar-refractivity contribution in [2.24, 2.45) is 5.92 Å². The summed E-state index contributed by atoms with van der Waals surface area (Å²) in [6.45, 7) is 5.13. The van der Waals surface area contributed by atoms with Crippen molar-refractivity contribution in [2.75, 3.05) is 23.1 Å².